The van der Waals surface area contributed by atoms with Crippen LogP contribution in [0.25, 0.3) is 10.4 Å². The van der Waals surface area contributed by atoms with Crippen molar-refractivity contribution in [2.75, 3.05) is 0 Å². The second-order valence-electron chi connectivity index (χ2n) is 2.16. The van der Waals surface area contributed by atoms with Gasteiger partial charge in [0, 0.05) is 16.4 Å². The van der Waals surface area contributed by atoms with Crippen LogP contribution in [0, 0.1) is 0 Å². The Hall–Kier alpha value is -1.74. The molecule has 0 radical (unpaired) electrons. The van der Waals surface area contributed by atoms with Gasteiger partial charge in [0.15, 0.2) is 0 Å². The molecule has 70 valence electrons. The Balaban J connectivity index is 4.15. The molecule has 1 unspecified atom stereocenters. The molecule has 0 heterocycles. The molecule has 1 amide bonds. The Morgan fingerprint density at radius 1 is 1.85 bits per heavy atom. The van der Waals surface area contributed by atoms with E-state index in [1.165, 1.54) is 0 Å². The lowest BCUT2D eigenvalue weighted by atomic mass is 10.2. The molecule has 5 nitrogen and oxygen atoms in total. The molecule has 0 N–H and O–H groups in total. The van der Waals surface area contributed by atoms with Crippen molar-refractivity contribution in [1.82, 2.24) is 0 Å². The van der Waals surface area contributed by atoms with E-state index < -0.39 is 12.2 Å². The van der Waals surface area contributed by atoms with E-state index in [4.69, 9.17) is 10.3 Å². The summed E-state index contributed by atoms with van der Waals surface area (Å²) in [6.45, 7) is 5.31. The van der Waals surface area contributed by atoms with Gasteiger partial charge in [-0.05, 0) is 18.5 Å². The Morgan fingerprint density at radius 2 is 2.54 bits per heavy atom. The van der Waals surface area contributed by atoms with Crippen LogP contribution in [0.5, 0.6) is 0 Å². The van der Waals surface area contributed by atoms with Crippen LogP contribution in [-0.4, -0.2) is 12.2 Å². The van der Waals surface area contributed by atoms with Gasteiger partial charge < -0.3 is 4.74 Å². The first kappa shape index (κ1) is 11.3. The monoisotopic (exact) mass is 181 g/mol. The molecule has 0 aromatic heterocycles. The minimum Gasteiger partial charge on any atom is -0.453 e. The number of nitrogens with zero attached hydrogens (tertiary/aromatic N) is 3. The number of rotatable bonds is 4. The van der Waals surface area contributed by atoms with Gasteiger partial charge in [-0.3, -0.25) is 0 Å². The van der Waals surface area contributed by atoms with Gasteiger partial charge >= 0.3 is 6.09 Å². The van der Waals surface area contributed by atoms with E-state index in [-0.39, 0.29) is 0 Å². The summed E-state index contributed by atoms with van der Waals surface area (Å²) < 4.78 is 4.75. The Kier molecular flexibility index (Phi) is 6.01. The molecule has 0 saturated carbocycles. The van der Waals surface area contributed by atoms with E-state index in [9.17, 15) is 4.79 Å². The van der Waals surface area contributed by atoms with Gasteiger partial charge in [-0.1, -0.05) is 12.2 Å². The zero-order valence-electron chi connectivity index (χ0n) is 7.38. The fraction of sp³-hybridized carbons (Fsp3) is 0.375. The van der Waals surface area contributed by atoms with Gasteiger partial charge in [0.05, 0.1) is 0 Å². The van der Waals surface area contributed by atoms with Crippen molar-refractivity contribution in [3.63, 3.8) is 0 Å². The molecular weight excluding hydrogens is 170 g/mol. The van der Waals surface area contributed by atoms with Crippen molar-refractivity contribution in [3.05, 3.63) is 35.2 Å². The van der Waals surface area contributed by atoms with Crippen LogP contribution in [-0.2, 0) is 4.74 Å². The van der Waals surface area contributed by atoms with Gasteiger partial charge in [0.2, 0.25) is 0 Å². The van der Waals surface area contributed by atoms with Crippen molar-refractivity contribution in [2.24, 2.45) is 5.11 Å². The molecule has 5 heteroatoms. The Labute approximate surface area is 76.3 Å². The highest BCUT2D eigenvalue weighted by Gasteiger charge is 2.06. The number of azide groups is 1. The van der Waals surface area contributed by atoms with Gasteiger partial charge in [-0.25, -0.2) is 4.79 Å². The van der Waals surface area contributed by atoms with E-state index in [1.807, 2.05) is 0 Å². The maximum absolute atomic E-state index is 10.7. The maximum Gasteiger partial charge on any atom is 0.397 e. The molecule has 0 fully saturated rings. The largest absolute Gasteiger partial charge is 0.453 e. The van der Waals surface area contributed by atoms with E-state index >= 15 is 0 Å². The van der Waals surface area contributed by atoms with Crippen LogP contribution >= 0.6 is 0 Å². The van der Waals surface area contributed by atoms with Crippen LogP contribution in [0.2, 0.25) is 0 Å². The Morgan fingerprint density at radius 3 is 3.00 bits per heavy atom. The van der Waals surface area contributed by atoms with Gasteiger partial charge in [-0.15, -0.1) is 6.58 Å². The number of carbonyl (C=O) groups excluding carboxylic acids is 1. The molecule has 0 spiro atoms. The van der Waals surface area contributed by atoms with Crippen LogP contribution in [0.4, 0.5) is 4.79 Å². The minimum absolute atomic E-state index is 0.402. The summed E-state index contributed by atoms with van der Waals surface area (Å²) in [7, 11) is 0. The molecule has 0 aromatic carbocycles. The molecule has 0 saturated heterocycles. The summed E-state index contributed by atoms with van der Waals surface area (Å²) in [6, 6.07) is 0. The van der Waals surface area contributed by atoms with E-state index in [0.717, 1.165) is 0 Å². The molecule has 13 heavy (non-hydrogen) atoms. The first-order valence-electron chi connectivity index (χ1n) is 3.74. The SMILES string of the molecule is C=CCC(/C=C/C)OC(=O)N=[N+]=[N-]. The summed E-state index contributed by atoms with van der Waals surface area (Å²) in [5.41, 5.74) is 7.93. The third-order valence-electron chi connectivity index (χ3n) is 1.18. The molecule has 0 aliphatic rings. The van der Waals surface area contributed by atoms with Crippen molar-refractivity contribution in [3.8, 4) is 0 Å². The molecule has 0 aromatic rings. The summed E-state index contributed by atoms with van der Waals surface area (Å²) in [5.74, 6) is 0. The average molecular weight is 181 g/mol. The topological polar surface area (TPSA) is 75.1 Å². The molecule has 1 atom stereocenters. The van der Waals surface area contributed by atoms with E-state index in [1.54, 1.807) is 25.2 Å². The lowest BCUT2D eigenvalue weighted by Gasteiger charge is -2.09. The zero-order valence-corrected chi connectivity index (χ0v) is 7.38. The number of hydrogen-bond donors (Lipinski definition) is 0. The number of hydrogen-bond acceptors (Lipinski definition) is 2. The molecule has 0 rings (SSSR count). The second-order valence-corrected chi connectivity index (χ2v) is 2.16. The highest BCUT2D eigenvalue weighted by Crippen LogP contribution is 2.03. The van der Waals surface area contributed by atoms with Crippen molar-refractivity contribution >= 4 is 6.09 Å². The maximum atomic E-state index is 10.7. The number of allylic oxidation sites excluding steroid dienone is 1. The third-order valence-corrected chi connectivity index (χ3v) is 1.18. The predicted octanol–water partition coefficient (Wildman–Crippen LogP) is 2.95. The number of amides is 1. The lowest BCUT2D eigenvalue weighted by Crippen LogP contribution is -2.11. The highest BCUT2D eigenvalue weighted by molar-refractivity contribution is 5.68. The quantitative estimate of drug-likeness (QED) is 0.289. The van der Waals surface area contributed by atoms with E-state index in [0.29, 0.717) is 6.42 Å². The number of ether oxygens (including phenoxy) is 1. The minimum atomic E-state index is -0.924. The van der Waals surface area contributed by atoms with Gasteiger partial charge in [0.1, 0.15) is 6.10 Å². The smallest absolute Gasteiger partial charge is 0.397 e. The third kappa shape index (κ3) is 5.52. The molecule has 0 aliphatic carbocycles. The van der Waals surface area contributed by atoms with E-state index in [2.05, 4.69) is 16.6 Å². The van der Waals surface area contributed by atoms with Crippen molar-refractivity contribution < 1.29 is 9.53 Å². The summed E-state index contributed by atoms with van der Waals surface area (Å²) in [4.78, 5) is 13.0. The van der Waals surface area contributed by atoms with Crippen LogP contribution in [0.3, 0.4) is 0 Å². The zero-order chi connectivity index (χ0) is 10.1. The Bertz CT molecular complexity index is 254. The van der Waals surface area contributed by atoms with Crippen LogP contribution < -0.4 is 0 Å². The number of carbonyl (C=O) groups is 1. The van der Waals surface area contributed by atoms with Gasteiger partial charge in [-0.2, -0.15) is 0 Å². The molecular formula is C8H11N3O2. The summed E-state index contributed by atoms with van der Waals surface area (Å²) in [5, 5.41) is 2.78. The average Bonchev–Trinajstić information content (AvgIpc) is 2.05. The first-order chi connectivity index (χ1) is 6.24. The highest BCUT2D eigenvalue weighted by atomic mass is 16.6. The predicted molar refractivity (Wildman–Crippen MR) is 49.0 cm³/mol. The standard InChI is InChI=1S/C8H11N3O2/c1-3-5-7(6-4-2)13-8(12)10-11-9/h3-4,6-7H,1,5H2,2H3/b6-4+. The van der Waals surface area contributed by atoms with Crippen LogP contribution in [0.1, 0.15) is 13.3 Å². The first-order valence-corrected chi connectivity index (χ1v) is 3.74. The summed E-state index contributed by atoms with van der Waals surface area (Å²) in [6.07, 6.45) is 4.22. The van der Waals surface area contributed by atoms with Crippen LogP contribution in [0.15, 0.2) is 29.9 Å². The van der Waals surface area contributed by atoms with Gasteiger partial charge in [0.25, 0.3) is 0 Å². The summed E-state index contributed by atoms with van der Waals surface area (Å²) >= 11 is 0. The normalized spacial score (nSPS) is 11.8. The molecule has 0 bridgehead atoms. The fourth-order valence-electron chi connectivity index (χ4n) is 0.734. The van der Waals surface area contributed by atoms with Crippen molar-refractivity contribution in [1.29, 1.82) is 0 Å². The second kappa shape index (κ2) is 6.94. The molecule has 0 aliphatic heterocycles. The lowest BCUT2D eigenvalue weighted by molar-refractivity contribution is 0.130. The fourth-order valence-corrected chi connectivity index (χ4v) is 0.734. The van der Waals surface area contributed by atoms with Crippen molar-refractivity contribution in [2.45, 2.75) is 19.4 Å².